The maximum Gasteiger partial charge on any atom is 0.280 e. The maximum absolute atomic E-state index is 12.7. The van der Waals surface area contributed by atoms with E-state index in [2.05, 4.69) is 0 Å². The van der Waals surface area contributed by atoms with Gasteiger partial charge in [-0.05, 0) is 6.08 Å². The Balaban J connectivity index is 3.37. The third kappa shape index (κ3) is 4.03. The van der Waals surface area contributed by atoms with Crippen molar-refractivity contribution in [3.8, 4) is 0 Å². The molecule has 1 aliphatic rings. The summed E-state index contributed by atoms with van der Waals surface area (Å²) in [7, 11) is 2.54. The molecule has 0 aliphatic carbocycles. The van der Waals surface area contributed by atoms with Crippen LogP contribution in [-0.4, -0.2) is 54.1 Å². The molecule has 3 atom stereocenters. The summed E-state index contributed by atoms with van der Waals surface area (Å²) in [5, 5.41) is 10.8. The molecule has 0 radical (unpaired) electrons. The third-order valence-electron chi connectivity index (χ3n) is 4.03. The monoisotopic (exact) mass is 458 g/mol. The fraction of sp³-hybridized carbons (Fsp3) is 0.692. The van der Waals surface area contributed by atoms with Gasteiger partial charge in [0, 0.05) is 20.0 Å². The van der Waals surface area contributed by atoms with Gasteiger partial charge in [-0.25, -0.2) is 0 Å². The van der Waals surface area contributed by atoms with Crippen molar-refractivity contribution in [3.63, 3.8) is 0 Å². The highest BCUT2D eigenvalue weighted by Gasteiger charge is 2.59. The fourth-order valence-electron chi connectivity index (χ4n) is 2.19. The van der Waals surface area contributed by atoms with E-state index in [0.29, 0.717) is 0 Å². The number of aliphatic hydroxyl groups is 1. The molecule has 0 aromatic heterocycles. The van der Waals surface area contributed by atoms with E-state index in [4.69, 9.17) is 69.6 Å². The first-order chi connectivity index (χ1) is 10.6. The average molecular weight is 461 g/mol. The lowest BCUT2D eigenvalue weighted by molar-refractivity contribution is -0.194. The van der Waals surface area contributed by atoms with Crippen LogP contribution in [0, 0.1) is 11.8 Å². The zero-order valence-corrected chi connectivity index (χ0v) is 17.7. The van der Waals surface area contributed by atoms with Crippen LogP contribution < -0.4 is 0 Å². The van der Waals surface area contributed by atoms with Crippen LogP contribution in [0.3, 0.4) is 0 Å². The van der Waals surface area contributed by atoms with Crippen LogP contribution in [0.4, 0.5) is 0 Å². The Labute approximate surface area is 170 Å². The molecular formula is C13H16Cl6N2O3. The van der Waals surface area contributed by atoms with Gasteiger partial charge in [0.15, 0.2) is 7.59 Å². The summed E-state index contributed by atoms with van der Waals surface area (Å²) in [5.74, 6) is -3.40. The van der Waals surface area contributed by atoms with Gasteiger partial charge < -0.3 is 14.9 Å². The normalized spacial score (nSPS) is 27.7. The van der Waals surface area contributed by atoms with Crippen molar-refractivity contribution in [2.75, 3.05) is 14.1 Å². The lowest BCUT2D eigenvalue weighted by Gasteiger charge is -2.48. The summed E-state index contributed by atoms with van der Waals surface area (Å²) in [6.07, 6.45) is 1.34. The summed E-state index contributed by atoms with van der Waals surface area (Å²) < 4.78 is -3.65. The molecule has 1 aliphatic heterocycles. The van der Waals surface area contributed by atoms with Crippen LogP contribution in [0.5, 0.6) is 0 Å². The number of piperazine rings is 1. The fourth-order valence-corrected chi connectivity index (χ4v) is 2.83. The van der Waals surface area contributed by atoms with Crippen molar-refractivity contribution in [2.24, 2.45) is 11.8 Å². The van der Waals surface area contributed by atoms with Crippen LogP contribution in [-0.2, 0) is 9.59 Å². The van der Waals surface area contributed by atoms with Gasteiger partial charge in [-0.1, -0.05) is 83.5 Å². The largest absolute Gasteiger partial charge is 0.363 e. The molecule has 138 valence electrons. The van der Waals surface area contributed by atoms with E-state index in [-0.39, 0.29) is 5.70 Å². The second-order valence-electron chi connectivity index (χ2n) is 5.60. The maximum atomic E-state index is 12.7. The van der Waals surface area contributed by atoms with Crippen molar-refractivity contribution in [2.45, 2.75) is 27.2 Å². The molecule has 1 rings (SSSR count). The molecule has 0 aromatic carbocycles. The quantitative estimate of drug-likeness (QED) is 0.506. The number of amides is 2. The molecule has 0 unspecified atom stereocenters. The van der Waals surface area contributed by atoms with E-state index >= 15 is 0 Å². The Morgan fingerprint density at radius 3 is 1.88 bits per heavy atom. The van der Waals surface area contributed by atoms with Gasteiger partial charge in [0.1, 0.15) is 5.70 Å². The van der Waals surface area contributed by atoms with Crippen molar-refractivity contribution in [1.82, 2.24) is 9.80 Å². The Bertz CT molecular complexity index is 571. The van der Waals surface area contributed by atoms with E-state index in [1.807, 2.05) is 0 Å². The van der Waals surface area contributed by atoms with Gasteiger partial charge in [-0.15, -0.1) is 0 Å². The van der Waals surface area contributed by atoms with Crippen molar-refractivity contribution in [1.29, 1.82) is 0 Å². The number of allylic oxidation sites excluding steroid dienone is 1. The predicted octanol–water partition coefficient (Wildman–Crippen LogP) is 3.50. The van der Waals surface area contributed by atoms with Crippen molar-refractivity contribution in [3.05, 3.63) is 11.8 Å². The van der Waals surface area contributed by atoms with Crippen LogP contribution in [0.15, 0.2) is 11.8 Å². The van der Waals surface area contributed by atoms with Crippen molar-refractivity contribution >= 4 is 81.4 Å². The van der Waals surface area contributed by atoms with E-state index in [1.54, 1.807) is 6.92 Å². The first kappa shape index (κ1) is 22.4. The topological polar surface area (TPSA) is 60.9 Å². The Kier molecular flexibility index (Phi) is 6.71. The summed E-state index contributed by atoms with van der Waals surface area (Å²) in [6.45, 7) is 2.91. The second kappa shape index (κ2) is 7.18. The minimum Gasteiger partial charge on any atom is -0.363 e. The molecule has 0 spiro atoms. The van der Waals surface area contributed by atoms with Gasteiger partial charge in [-0.2, -0.15) is 0 Å². The molecule has 2 amide bonds. The SMILES string of the molecule is C[C@H](/C=C1/C(=O)N(C)[C@@](O)([C@@H](C)C(Cl)(Cl)Cl)C(=O)N1C)C(Cl)(Cl)Cl. The number of alkyl halides is 6. The van der Waals surface area contributed by atoms with Crippen LogP contribution in [0.1, 0.15) is 13.8 Å². The number of hydrogen-bond acceptors (Lipinski definition) is 3. The van der Waals surface area contributed by atoms with Gasteiger partial charge >= 0.3 is 0 Å². The lowest BCUT2D eigenvalue weighted by atomic mass is 9.92. The van der Waals surface area contributed by atoms with Crippen LogP contribution in [0.25, 0.3) is 0 Å². The smallest absolute Gasteiger partial charge is 0.280 e. The highest BCUT2D eigenvalue weighted by atomic mass is 35.6. The second-order valence-corrected chi connectivity index (χ2v) is 10.3. The van der Waals surface area contributed by atoms with Crippen molar-refractivity contribution < 1.29 is 14.7 Å². The van der Waals surface area contributed by atoms with Gasteiger partial charge in [-0.3, -0.25) is 9.59 Å². The van der Waals surface area contributed by atoms with Gasteiger partial charge in [0.05, 0.1) is 5.92 Å². The number of carbonyl (C=O) groups excluding carboxylic acids is 2. The minimum atomic E-state index is -2.34. The molecule has 11 heteroatoms. The lowest BCUT2D eigenvalue weighted by Crippen LogP contribution is -2.69. The third-order valence-corrected chi connectivity index (χ3v) is 6.05. The zero-order valence-electron chi connectivity index (χ0n) is 13.2. The minimum absolute atomic E-state index is 0.0532. The number of carbonyl (C=O) groups is 2. The number of hydrogen-bond donors (Lipinski definition) is 1. The number of likely N-dealkylation sites (N-methyl/N-ethyl adjacent to an activating group) is 2. The molecular weight excluding hydrogens is 445 g/mol. The summed E-state index contributed by atoms with van der Waals surface area (Å²) in [4.78, 5) is 27.1. The first-order valence-electron chi connectivity index (χ1n) is 6.70. The Hall–Kier alpha value is 0.380. The van der Waals surface area contributed by atoms with Crippen LogP contribution in [0.2, 0.25) is 0 Å². The molecule has 0 aromatic rings. The molecule has 0 saturated carbocycles. The van der Waals surface area contributed by atoms with Gasteiger partial charge in [0.2, 0.25) is 5.72 Å². The highest BCUT2D eigenvalue weighted by Crippen LogP contribution is 2.45. The predicted molar refractivity (Wildman–Crippen MR) is 97.5 cm³/mol. The van der Waals surface area contributed by atoms with E-state index < -0.39 is 37.0 Å². The van der Waals surface area contributed by atoms with E-state index in [0.717, 1.165) is 9.80 Å². The van der Waals surface area contributed by atoms with Crippen LogP contribution >= 0.6 is 69.6 Å². The molecule has 0 bridgehead atoms. The molecule has 1 N–H and O–H groups in total. The Morgan fingerprint density at radius 2 is 1.50 bits per heavy atom. The average Bonchev–Trinajstić information content (AvgIpc) is 2.44. The van der Waals surface area contributed by atoms with E-state index in [9.17, 15) is 14.7 Å². The van der Waals surface area contributed by atoms with E-state index in [1.165, 1.54) is 27.1 Å². The summed E-state index contributed by atoms with van der Waals surface area (Å²) >= 11 is 34.8. The number of rotatable bonds is 2. The summed E-state index contributed by atoms with van der Waals surface area (Å²) in [6, 6.07) is 0. The number of nitrogens with zero attached hydrogens (tertiary/aromatic N) is 2. The molecule has 1 fully saturated rings. The summed E-state index contributed by atoms with van der Waals surface area (Å²) in [5.41, 5.74) is -2.39. The molecule has 24 heavy (non-hydrogen) atoms. The molecule has 1 heterocycles. The molecule has 5 nitrogen and oxygen atoms in total. The standard InChI is InChI=1S/C13H16Cl6N2O3/c1-6(12(14,15)16)5-8-9(22)21(4)11(24,10(23)20(8)3)7(2)13(17,18)19/h5-7,24H,1-4H3/b8-5-/t6-,7-,11-/m1/s1. The highest BCUT2D eigenvalue weighted by molar-refractivity contribution is 6.68. The number of halogens is 6. The first-order valence-corrected chi connectivity index (χ1v) is 8.97. The molecule has 1 saturated heterocycles. The zero-order chi connectivity index (χ0) is 19.2. The Morgan fingerprint density at radius 1 is 1.04 bits per heavy atom. The van der Waals surface area contributed by atoms with Gasteiger partial charge in [0.25, 0.3) is 11.8 Å².